The molecule has 0 aromatic heterocycles. The fourth-order valence-corrected chi connectivity index (χ4v) is 13.4. The average molecular weight is 458 g/mol. The number of ether oxygens (including phenoxy) is 1. The van der Waals surface area contributed by atoms with E-state index in [1.807, 2.05) is 0 Å². The molecule has 5 nitrogen and oxygen atoms in total. The molecule has 5 rings (SSSR count). The number of likely N-dealkylation sites (N-methyl/N-ethyl adjacent to an activating group) is 1. The normalized spacial score (nSPS) is 33.7. The first-order valence-corrected chi connectivity index (χ1v) is 14.6. The number of Topliss-reactive ketones (excluding diaryl/α,β-unsaturated/α-hetero) is 1. The number of aliphatic hydroxyl groups is 1. The fraction of sp³-hybridized carbons (Fsp3) is 0.731. The van der Waals surface area contributed by atoms with Crippen molar-refractivity contribution in [3.63, 3.8) is 0 Å². The molecular formula is C26H39NO4Si. The van der Waals surface area contributed by atoms with Crippen LogP contribution in [0.4, 0.5) is 0 Å². The monoisotopic (exact) mass is 457 g/mol. The van der Waals surface area contributed by atoms with Gasteiger partial charge in [0.05, 0.1) is 11.0 Å². The van der Waals surface area contributed by atoms with Gasteiger partial charge in [0.15, 0.2) is 17.6 Å². The second-order valence-corrected chi connectivity index (χ2v) is 17.0. The summed E-state index contributed by atoms with van der Waals surface area (Å²) in [4.78, 5) is 15.5. The molecule has 1 saturated heterocycles. The number of hydrogen-bond donors (Lipinski definition) is 1. The van der Waals surface area contributed by atoms with E-state index in [0.29, 0.717) is 29.5 Å². The lowest BCUT2D eigenvalue weighted by Gasteiger charge is -2.62. The quantitative estimate of drug-likeness (QED) is 0.655. The van der Waals surface area contributed by atoms with Crippen molar-refractivity contribution in [2.24, 2.45) is 0 Å². The Hall–Kier alpha value is -1.37. The minimum Gasteiger partial charge on any atom is -0.540 e. The van der Waals surface area contributed by atoms with Gasteiger partial charge in [-0.1, -0.05) is 47.6 Å². The van der Waals surface area contributed by atoms with Crippen molar-refractivity contribution < 1.29 is 19.1 Å². The van der Waals surface area contributed by atoms with Gasteiger partial charge in [-0.05, 0) is 61.1 Å². The molecule has 2 fully saturated rings. The van der Waals surface area contributed by atoms with Gasteiger partial charge in [0.25, 0.3) is 8.32 Å². The van der Waals surface area contributed by atoms with Crippen molar-refractivity contribution >= 4 is 14.1 Å². The van der Waals surface area contributed by atoms with Crippen molar-refractivity contribution in [3.05, 3.63) is 23.3 Å². The molecule has 1 saturated carbocycles. The lowest BCUT2D eigenvalue weighted by Crippen LogP contribution is -2.76. The number of carbonyl (C=O) groups is 1. The van der Waals surface area contributed by atoms with E-state index in [-0.39, 0.29) is 11.8 Å². The van der Waals surface area contributed by atoms with E-state index in [9.17, 15) is 9.90 Å². The molecule has 176 valence electrons. The van der Waals surface area contributed by atoms with Crippen LogP contribution in [-0.4, -0.2) is 55.4 Å². The van der Waals surface area contributed by atoms with Crippen LogP contribution in [0, 0.1) is 0 Å². The van der Waals surface area contributed by atoms with Crippen molar-refractivity contribution in [3.8, 4) is 11.5 Å². The predicted molar refractivity (Wildman–Crippen MR) is 128 cm³/mol. The first-order valence-electron chi connectivity index (χ1n) is 12.5. The minimum atomic E-state index is -2.19. The van der Waals surface area contributed by atoms with Crippen LogP contribution >= 0.6 is 0 Å². The predicted octanol–water partition coefficient (Wildman–Crippen LogP) is 4.59. The van der Waals surface area contributed by atoms with Crippen LogP contribution in [0.25, 0.3) is 0 Å². The van der Waals surface area contributed by atoms with E-state index in [1.54, 1.807) is 0 Å². The summed E-state index contributed by atoms with van der Waals surface area (Å²) < 4.78 is 13.7. The largest absolute Gasteiger partial charge is 0.540 e. The highest BCUT2D eigenvalue weighted by Crippen LogP contribution is 2.65. The number of likely N-dealkylation sites (tertiary alicyclic amines) is 1. The molecule has 0 unspecified atom stereocenters. The van der Waals surface area contributed by atoms with Gasteiger partial charge in [0.2, 0.25) is 0 Å². The summed E-state index contributed by atoms with van der Waals surface area (Å²) in [6.07, 6.45) is 1.85. The van der Waals surface area contributed by atoms with E-state index < -0.39 is 25.4 Å². The summed E-state index contributed by atoms with van der Waals surface area (Å²) in [6, 6.07) is 4.30. The van der Waals surface area contributed by atoms with E-state index in [4.69, 9.17) is 9.16 Å². The standard InChI is InChI=1S/C26H39NO4Si/c1-15(2)32(16(3)4,17(5)6)31-20-9-8-18-14-21-26(29)11-10-19(28)24-25(26,12-13-27(21)7)22(18)23(20)30-24/h8-9,15-17,21,24,29H,10-14H2,1-7H3/t21-,24+,25+,26-/m1/s1. The molecule has 4 aliphatic rings. The van der Waals surface area contributed by atoms with E-state index in [2.05, 4.69) is 65.6 Å². The van der Waals surface area contributed by atoms with Gasteiger partial charge < -0.3 is 19.2 Å². The van der Waals surface area contributed by atoms with Gasteiger partial charge in [-0.2, -0.15) is 0 Å². The molecule has 1 aromatic rings. The van der Waals surface area contributed by atoms with E-state index >= 15 is 0 Å². The maximum Gasteiger partial charge on any atom is 0.258 e. The molecule has 32 heavy (non-hydrogen) atoms. The third-order valence-corrected chi connectivity index (χ3v) is 15.5. The molecule has 6 heteroatoms. The van der Waals surface area contributed by atoms with Crippen molar-refractivity contribution in [1.82, 2.24) is 4.90 Å². The number of hydrogen-bond acceptors (Lipinski definition) is 5. The summed E-state index contributed by atoms with van der Waals surface area (Å²) in [6.45, 7) is 14.6. The number of benzene rings is 1. The molecule has 4 atom stereocenters. The maximum absolute atomic E-state index is 13.2. The Morgan fingerprint density at radius 3 is 2.41 bits per heavy atom. The van der Waals surface area contributed by atoms with Gasteiger partial charge >= 0.3 is 0 Å². The van der Waals surface area contributed by atoms with Crippen molar-refractivity contribution in [1.29, 1.82) is 0 Å². The van der Waals surface area contributed by atoms with Crippen LogP contribution in [0.3, 0.4) is 0 Å². The lowest BCUT2D eigenvalue weighted by atomic mass is 9.49. The molecular weight excluding hydrogens is 418 g/mol. The van der Waals surface area contributed by atoms with E-state index in [0.717, 1.165) is 36.4 Å². The SMILES string of the molecule is CC(C)[Si](Oc1ccc2c3c1O[C@H]1C(=O)CC[C@@]4(O)[C@@H](C2)N(C)CC[C@]314)(C(C)C)C(C)C. The second-order valence-electron chi connectivity index (χ2n) is 11.7. The van der Waals surface area contributed by atoms with Crippen LogP contribution < -0.4 is 9.16 Å². The molecule has 1 spiro atoms. The Kier molecular flexibility index (Phi) is 4.95. The Morgan fingerprint density at radius 1 is 1.12 bits per heavy atom. The molecule has 2 aliphatic carbocycles. The van der Waals surface area contributed by atoms with Crippen molar-refractivity contribution in [2.45, 2.75) is 107 Å². The third-order valence-electron chi connectivity index (χ3n) is 9.50. The van der Waals surface area contributed by atoms with Crippen LogP contribution in [0.15, 0.2) is 12.1 Å². The van der Waals surface area contributed by atoms with Crippen LogP contribution in [0.1, 0.15) is 71.9 Å². The Balaban J connectivity index is 1.71. The van der Waals surface area contributed by atoms with Crippen molar-refractivity contribution in [2.75, 3.05) is 13.6 Å². The zero-order valence-electron chi connectivity index (χ0n) is 20.7. The zero-order chi connectivity index (χ0) is 23.2. The Morgan fingerprint density at radius 2 is 1.78 bits per heavy atom. The van der Waals surface area contributed by atoms with Gasteiger partial charge in [-0.15, -0.1) is 0 Å². The molecule has 2 heterocycles. The summed E-state index contributed by atoms with van der Waals surface area (Å²) in [5.74, 6) is 1.68. The summed E-state index contributed by atoms with van der Waals surface area (Å²) >= 11 is 0. The number of carbonyl (C=O) groups excluding carboxylic acids is 1. The maximum atomic E-state index is 13.2. The van der Waals surface area contributed by atoms with E-state index in [1.165, 1.54) is 5.56 Å². The molecule has 2 aliphatic heterocycles. The summed E-state index contributed by atoms with van der Waals surface area (Å²) in [5.41, 5.74) is 2.06. The number of piperidine rings is 1. The molecule has 0 radical (unpaired) electrons. The lowest BCUT2D eigenvalue weighted by molar-refractivity contribution is -0.185. The third kappa shape index (κ3) is 2.49. The number of rotatable bonds is 5. The fourth-order valence-electron chi connectivity index (χ4n) is 8.15. The van der Waals surface area contributed by atoms with Crippen LogP contribution in [-0.2, 0) is 16.6 Å². The highest BCUT2D eigenvalue weighted by molar-refractivity contribution is 6.78. The van der Waals surface area contributed by atoms with Gasteiger partial charge in [0.1, 0.15) is 5.75 Å². The van der Waals surface area contributed by atoms with Crippen LogP contribution in [0.5, 0.6) is 11.5 Å². The Bertz CT molecular complexity index is 938. The molecule has 1 aromatic carbocycles. The number of ketones is 1. The zero-order valence-corrected chi connectivity index (χ0v) is 21.7. The molecule has 0 amide bonds. The topological polar surface area (TPSA) is 59.0 Å². The molecule has 1 N–H and O–H groups in total. The first-order chi connectivity index (χ1) is 15.0. The highest BCUT2D eigenvalue weighted by atomic mass is 28.4. The van der Waals surface area contributed by atoms with Gasteiger partial charge in [-0.3, -0.25) is 4.79 Å². The minimum absolute atomic E-state index is 0.0242. The van der Waals surface area contributed by atoms with Crippen LogP contribution in [0.2, 0.25) is 16.6 Å². The number of nitrogens with zero attached hydrogens (tertiary/aromatic N) is 1. The van der Waals surface area contributed by atoms with Gasteiger partial charge in [0, 0.05) is 18.0 Å². The summed E-state index contributed by atoms with van der Waals surface area (Å²) in [5, 5.41) is 12.2. The summed E-state index contributed by atoms with van der Waals surface area (Å²) in [7, 11) is -0.0876. The first kappa shape index (κ1) is 22.4. The second kappa shape index (κ2) is 7.06. The average Bonchev–Trinajstić information content (AvgIpc) is 3.07. The Labute approximate surface area is 193 Å². The molecule has 2 bridgehead atoms. The van der Waals surface area contributed by atoms with Gasteiger partial charge in [-0.25, -0.2) is 0 Å². The smallest absolute Gasteiger partial charge is 0.258 e. The highest BCUT2D eigenvalue weighted by Gasteiger charge is 2.73.